The van der Waals surface area contributed by atoms with E-state index in [0.29, 0.717) is 12.1 Å². The number of hydrogen-bond acceptors (Lipinski definition) is 5. The van der Waals surface area contributed by atoms with Crippen molar-refractivity contribution in [2.45, 2.75) is 31.8 Å². The van der Waals surface area contributed by atoms with Crippen LogP contribution in [-0.4, -0.2) is 87.8 Å². The van der Waals surface area contributed by atoms with Crippen LogP contribution in [0.25, 0.3) is 0 Å². The van der Waals surface area contributed by atoms with E-state index >= 15 is 0 Å². The van der Waals surface area contributed by atoms with Crippen molar-refractivity contribution >= 4 is 46.3 Å². The number of piperidine rings is 1. The van der Waals surface area contributed by atoms with Crippen LogP contribution in [0.2, 0.25) is 0 Å². The van der Waals surface area contributed by atoms with Crippen LogP contribution in [0.5, 0.6) is 0 Å². The van der Waals surface area contributed by atoms with Gasteiger partial charge in [-0.1, -0.05) is 0 Å². The van der Waals surface area contributed by atoms with E-state index in [1.54, 1.807) is 0 Å². The molecule has 1 aromatic rings. The third kappa shape index (κ3) is 6.76. The predicted molar refractivity (Wildman–Crippen MR) is 128 cm³/mol. The van der Waals surface area contributed by atoms with E-state index < -0.39 is 0 Å². The molecule has 8 heteroatoms. The fraction of sp³-hybridized carbons (Fsp3) is 0.737. The highest BCUT2D eigenvalue weighted by atomic mass is 127. The van der Waals surface area contributed by atoms with E-state index in [9.17, 15) is 0 Å². The van der Waals surface area contributed by atoms with Gasteiger partial charge < -0.3 is 20.4 Å². The zero-order chi connectivity index (χ0) is 18.4. The molecule has 2 fully saturated rings. The Hall–Kier alpha value is -0.580. The van der Waals surface area contributed by atoms with Gasteiger partial charge in [0.25, 0.3) is 0 Å². The molecule has 0 saturated carbocycles. The third-order valence-corrected chi connectivity index (χ3v) is 6.37. The van der Waals surface area contributed by atoms with Gasteiger partial charge >= 0.3 is 0 Å². The number of piperazine rings is 1. The Kier molecular flexibility index (Phi) is 9.61. The van der Waals surface area contributed by atoms with E-state index in [1.165, 1.54) is 5.00 Å². The number of aliphatic imine (C=N–C) groups is 1. The van der Waals surface area contributed by atoms with Crippen molar-refractivity contribution in [2.75, 3.05) is 64.8 Å². The zero-order valence-corrected chi connectivity index (χ0v) is 20.0. The van der Waals surface area contributed by atoms with Crippen molar-refractivity contribution in [3.05, 3.63) is 17.5 Å². The first kappa shape index (κ1) is 22.7. The lowest BCUT2D eigenvalue weighted by Gasteiger charge is -2.37. The average Bonchev–Trinajstić information content (AvgIpc) is 3.18. The quantitative estimate of drug-likeness (QED) is 0.364. The molecule has 2 aliphatic rings. The van der Waals surface area contributed by atoms with Crippen LogP contribution in [0.3, 0.4) is 0 Å². The minimum Gasteiger partial charge on any atom is -0.363 e. The van der Waals surface area contributed by atoms with E-state index in [1.807, 2.05) is 11.3 Å². The standard InChI is InChI=1S/C19H34N6S.HI/c1-4-20-19(21-14-17-15-23(2)11-12-24(17)3)22-16-7-9-25(10-8-16)18-6-5-13-26-18;/h5-6,13,16-17H,4,7-12,14-15H2,1-3H3,(H2,20,21,22);1H. The molecule has 1 unspecified atom stereocenters. The van der Waals surface area contributed by atoms with Crippen molar-refractivity contribution in [1.29, 1.82) is 0 Å². The van der Waals surface area contributed by atoms with Gasteiger partial charge in [-0.3, -0.25) is 9.89 Å². The Morgan fingerprint density at radius 1 is 1.22 bits per heavy atom. The van der Waals surface area contributed by atoms with Crippen molar-refractivity contribution in [3.8, 4) is 0 Å². The first-order valence-corrected chi connectivity index (χ1v) is 10.8. The van der Waals surface area contributed by atoms with Gasteiger partial charge in [0, 0.05) is 51.4 Å². The maximum absolute atomic E-state index is 4.90. The molecule has 6 nitrogen and oxygen atoms in total. The smallest absolute Gasteiger partial charge is 0.191 e. The first-order chi connectivity index (χ1) is 12.7. The van der Waals surface area contributed by atoms with Gasteiger partial charge in [-0.2, -0.15) is 0 Å². The maximum atomic E-state index is 4.90. The van der Waals surface area contributed by atoms with Crippen molar-refractivity contribution in [1.82, 2.24) is 20.4 Å². The summed E-state index contributed by atoms with van der Waals surface area (Å²) in [5.74, 6) is 0.976. The van der Waals surface area contributed by atoms with Crippen LogP contribution >= 0.6 is 35.3 Å². The molecule has 0 amide bonds. The number of nitrogens with zero attached hydrogens (tertiary/aromatic N) is 4. The van der Waals surface area contributed by atoms with E-state index in [0.717, 1.165) is 64.6 Å². The SMILES string of the molecule is CCNC(=NCC1CN(C)CCN1C)NC1CCN(c2cccs2)CC1.I. The van der Waals surface area contributed by atoms with Crippen molar-refractivity contribution in [2.24, 2.45) is 4.99 Å². The summed E-state index contributed by atoms with van der Waals surface area (Å²) in [7, 11) is 4.42. The summed E-state index contributed by atoms with van der Waals surface area (Å²) in [4.78, 5) is 12.2. The second-order valence-corrected chi connectivity index (χ2v) is 8.40. The summed E-state index contributed by atoms with van der Waals surface area (Å²) in [6, 6.07) is 5.38. The lowest BCUT2D eigenvalue weighted by molar-refractivity contribution is 0.119. The normalized spacial score (nSPS) is 23.1. The molecule has 3 heterocycles. The van der Waals surface area contributed by atoms with E-state index in [4.69, 9.17) is 4.99 Å². The monoisotopic (exact) mass is 506 g/mol. The molecule has 3 rings (SSSR count). The molecule has 154 valence electrons. The second kappa shape index (κ2) is 11.4. The van der Waals surface area contributed by atoms with Gasteiger partial charge in [0.05, 0.1) is 11.5 Å². The Labute approximate surface area is 185 Å². The fourth-order valence-electron chi connectivity index (χ4n) is 3.70. The number of halogens is 1. The molecule has 1 aromatic heterocycles. The van der Waals surface area contributed by atoms with Gasteiger partial charge in [-0.15, -0.1) is 35.3 Å². The van der Waals surface area contributed by atoms with Gasteiger partial charge in [0.1, 0.15) is 0 Å². The Morgan fingerprint density at radius 3 is 2.67 bits per heavy atom. The van der Waals surface area contributed by atoms with Crippen LogP contribution in [0, 0.1) is 0 Å². The maximum Gasteiger partial charge on any atom is 0.191 e. The molecule has 0 spiro atoms. The summed E-state index contributed by atoms with van der Waals surface area (Å²) in [5, 5.41) is 10.7. The van der Waals surface area contributed by atoms with Crippen LogP contribution in [-0.2, 0) is 0 Å². The lowest BCUT2D eigenvalue weighted by Crippen LogP contribution is -2.52. The van der Waals surface area contributed by atoms with E-state index in [2.05, 4.69) is 63.9 Å². The van der Waals surface area contributed by atoms with Crippen molar-refractivity contribution in [3.63, 3.8) is 0 Å². The summed E-state index contributed by atoms with van der Waals surface area (Å²) in [6.07, 6.45) is 2.32. The van der Waals surface area contributed by atoms with Gasteiger partial charge in [0.15, 0.2) is 5.96 Å². The van der Waals surface area contributed by atoms with Crippen LogP contribution in [0.15, 0.2) is 22.5 Å². The molecule has 0 radical (unpaired) electrons. The van der Waals surface area contributed by atoms with Gasteiger partial charge in [0.2, 0.25) is 0 Å². The number of nitrogens with one attached hydrogen (secondary N) is 2. The molecular weight excluding hydrogens is 471 g/mol. The molecule has 0 aliphatic carbocycles. The van der Waals surface area contributed by atoms with Crippen LogP contribution < -0.4 is 15.5 Å². The Balaban J connectivity index is 0.00000261. The topological polar surface area (TPSA) is 46.1 Å². The van der Waals surface area contributed by atoms with Crippen molar-refractivity contribution < 1.29 is 0 Å². The van der Waals surface area contributed by atoms with E-state index in [-0.39, 0.29) is 24.0 Å². The molecule has 1 atom stereocenters. The highest BCUT2D eigenvalue weighted by molar-refractivity contribution is 14.0. The average molecular weight is 507 g/mol. The largest absolute Gasteiger partial charge is 0.363 e. The number of guanidine groups is 1. The molecule has 2 saturated heterocycles. The second-order valence-electron chi connectivity index (χ2n) is 7.47. The zero-order valence-electron chi connectivity index (χ0n) is 16.9. The highest BCUT2D eigenvalue weighted by Crippen LogP contribution is 2.24. The molecule has 0 aromatic carbocycles. The molecule has 0 bridgehead atoms. The number of anilines is 1. The summed E-state index contributed by atoms with van der Waals surface area (Å²) in [5.41, 5.74) is 0. The number of thiophene rings is 1. The molecule has 2 N–H and O–H groups in total. The number of hydrogen-bond donors (Lipinski definition) is 2. The summed E-state index contributed by atoms with van der Waals surface area (Å²) >= 11 is 1.84. The first-order valence-electron chi connectivity index (χ1n) is 9.87. The molecule has 2 aliphatic heterocycles. The van der Waals surface area contributed by atoms with Crippen LogP contribution in [0.4, 0.5) is 5.00 Å². The lowest BCUT2D eigenvalue weighted by atomic mass is 10.1. The fourth-order valence-corrected chi connectivity index (χ4v) is 4.49. The van der Waals surface area contributed by atoms with Gasteiger partial charge in [-0.25, -0.2) is 0 Å². The highest BCUT2D eigenvalue weighted by Gasteiger charge is 2.23. The predicted octanol–water partition coefficient (Wildman–Crippen LogP) is 2.14. The van der Waals surface area contributed by atoms with Gasteiger partial charge in [-0.05, 0) is 51.4 Å². The minimum atomic E-state index is 0. The minimum absolute atomic E-state index is 0. The third-order valence-electron chi connectivity index (χ3n) is 5.44. The number of rotatable bonds is 5. The Morgan fingerprint density at radius 2 is 2.00 bits per heavy atom. The van der Waals surface area contributed by atoms with Crippen LogP contribution in [0.1, 0.15) is 19.8 Å². The number of likely N-dealkylation sites (N-methyl/N-ethyl adjacent to an activating group) is 2. The summed E-state index contributed by atoms with van der Waals surface area (Å²) in [6.45, 7) is 9.50. The molecule has 27 heavy (non-hydrogen) atoms. The summed E-state index contributed by atoms with van der Waals surface area (Å²) < 4.78 is 0. The molecular formula is C19H35IN6S. The Bertz CT molecular complexity index is 559.